The monoisotopic (exact) mass is 284 g/mol. The normalized spacial score (nSPS) is 12.5. The molecular weight excluding hydrogens is 268 g/mol. The van der Waals surface area contributed by atoms with Gasteiger partial charge in [-0.1, -0.05) is 18.2 Å². The van der Waals surface area contributed by atoms with Gasteiger partial charge in [0, 0.05) is 12.2 Å². The Labute approximate surface area is 121 Å². The molecule has 6 nitrogen and oxygen atoms in total. The number of ether oxygens (including phenoxy) is 1. The third-order valence-electron chi connectivity index (χ3n) is 3.38. The Hall–Kier alpha value is -2.60. The van der Waals surface area contributed by atoms with E-state index in [2.05, 4.69) is 5.10 Å². The Bertz CT molecular complexity index is 822. The van der Waals surface area contributed by atoms with E-state index >= 15 is 0 Å². The number of methoxy groups -OCH3 is 1. The number of pyridine rings is 1. The number of hydrogen-bond acceptors (Lipinski definition) is 4. The van der Waals surface area contributed by atoms with Gasteiger partial charge in [0.25, 0.3) is 0 Å². The van der Waals surface area contributed by atoms with E-state index in [0.29, 0.717) is 12.2 Å². The zero-order valence-corrected chi connectivity index (χ0v) is 11.6. The largest absolute Gasteiger partial charge is 0.497 e. The van der Waals surface area contributed by atoms with Crippen molar-refractivity contribution in [2.75, 3.05) is 7.11 Å². The van der Waals surface area contributed by atoms with Crippen LogP contribution < -0.4 is 16.2 Å². The van der Waals surface area contributed by atoms with Crippen molar-refractivity contribution >= 4 is 5.65 Å². The maximum Gasteiger partial charge on any atom is 0.350 e. The highest BCUT2D eigenvalue weighted by atomic mass is 16.5. The van der Waals surface area contributed by atoms with Crippen molar-refractivity contribution in [3.8, 4) is 5.75 Å². The first-order chi connectivity index (χ1) is 10.2. The minimum absolute atomic E-state index is 0.191. The number of nitrogens with zero attached hydrogens (tertiary/aromatic N) is 3. The molecule has 0 amide bonds. The van der Waals surface area contributed by atoms with Crippen molar-refractivity contribution in [3.63, 3.8) is 0 Å². The summed E-state index contributed by atoms with van der Waals surface area (Å²) in [7, 11) is 1.61. The van der Waals surface area contributed by atoms with E-state index in [1.165, 1.54) is 9.08 Å². The molecule has 1 atom stereocenters. The highest BCUT2D eigenvalue weighted by Gasteiger charge is 2.12. The number of aromatic nitrogens is 3. The van der Waals surface area contributed by atoms with Crippen LogP contribution in [0.5, 0.6) is 5.75 Å². The molecular formula is C15H16N4O2. The van der Waals surface area contributed by atoms with E-state index in [4.69, 9.17) is 10.5 Å². The summed E-state index contributed by atoms with van der Waals surface area (Å²) in [6.45, 7) is 0.313. The number of hydrogen-bond donors (Lipinski definition) is 1. The van der Waals surface area contributed by atoms with Crippen LogP contribution in [0.3, 0.4) is 0 Å². The molecule has 0 saturated heterocycles. The predicted molar refractivity (Wildman–Crippen MR) is 79.4 cm³/mol. The molecule has 1 unspecified atom stereocenters. The average Bonchev–Trinajstić information content (AvgIpc) is 2.84. The van der Waals surface area contributed by atoms with Gasteiger partial charge < -0.3 is 10.5 Å². The molecule has 2 heterocycles. The van der Waals surface area contributed by atoms with Crippen molar-refractivity contribution in [1.82, 2.24) is 14.2 Å². The summed E-state index contributed by atoms with van der Waals surface area (Å²) in [5.41, 5.74) is 7.50. The van der Waals surface area contributed by atoms with Crippen LogP contribution in [0.4, 0.5) is 0 Å². The van der Waals surface area contributed by atoms with Gasteiger partial charge in [-0.25, -0.2) is 9.48 Å². The van der Waals surface area contributed by atoms with Gasteiger partial charge in [0.05, 0.1) is 13.7 Å². The Morgan fingerprint density at radius 2 is 2.14 bits per heavy atom. The lowest BCUT2D eigenvalue weighted by Gasteiger charge is -2.12. The van der Waals surface area contributed by atoms with Crippen LogP contribution in [0.25, 0.3) is 5.65 Å². The standard InChI is InChI=1S/C15H16N4O2/c1-21-12-6-4-5-11(9-12)13(16)10-19-15(20)18-8-3-2-7-14(18)17-19/h2-9,13H,10,16H2,1H3. The molecule has 2 aromatic heterocycles. The molecule has 2 N–H and O–H groups in total. The van der Waals surface area contributed by atoms with Crippen molar-refractivity contribution in [1.29, 1.82) is 0 Å². The average molecular weight is 284 g/mol. The maximum absolute atomic E-state index is 12.2. The van der Waals surface area contributed by atoms with Gasteiger partial charge in [-0.15, -0.1) is 5.10 Å². The van der Waals surface area contributed by atoms with Crippen molar-refractivity contribution < 1.29 is 4.74 Å². The topological polar surface area (TPSA) is 74.6 Å². The molecule has 0 fully saturated rings. The molecule has 0 radical (unpaired) electrons. The molecule has 0 bridgehead atoms. The van der Waals surface area contributed by atoms with Crippen LogP contribution >= 0.6 is 0 Å². The summed E-state index contributed by atoms with van der Waals surface area (Å²) in [6.07, 6.45) is 1.69. The van der Waals surface area contributed by atoms with Gasteiger partial charge in [0.15, 0.2) is 5.65 Å². The zero-order chi connectivity index (χ0) is 14.8. The van der Waals surface area contributed by atoms with E-state index < -0.39 is 0 Å². The quantitative estimate of drug-likeness (QED) is 0.781. The second-order valence-corrected chi connectivity index (χ2v) is 4.78. The number of benzene rings is 1. The smallest absolute Gasteiger partial charge is 0.350 e. The van der Waals surface area contributed by atoms with E-state index in [9.17, 15) is 4.79 Å². The molecule has 6 heteroatoms. The molecule has 108 valence electrons. The van der Waals surface area contributed by atoms with Crippen molar-refractivity contribution in [2.45, 2.75) is 12.6 Å². The summed E-state index contributed by atoms with van der Waals surface area (Å²) in [5.74, 6) is 0.741. The van der Waals surface area contributed by atoms with Gasteiger partial charge in [0.2, 0.25) is 0 Å². The molecule has 3 rings (SSSR count). The van der Waals surface area contributed by atoms with Crippen LogP contribution in [0.1, 0.15) is 11.6 Å². The molecule has 0 saturated carbocycles. The SMILES string of the molecule is COc1cccc(C(N)Cn2nc3ccccn3c2=O)c1. The van der Waals surface area contributed by atoms with E-state index in [1.54, 1.807) is 25.4 Å². The second-order valence-electron chi connectivity index (χ2n) is 4.78. The molecule has 0 spiro atoms. The van der Waals surface area contributed by atoms with Gasteiger partial charge in [-0.3, -0.25) is 4.40 Å². The predicted octanol–water partition coefficient (Wildman–Crippen LogP) is 1.20. The Kier molecular flexibility index (Phi) is 3.45. The first kappa shape index (κ1) is 13.4. The van der Waals surface area contributed by atoms with Crippen LogP contribution in [-0.4, -0.2) is 21.3 Å². The minimum atomic E-state index is -0.331. The van der Waals surface area contributed by atoms with Crippen molar-refractivity contribution in [3.05, 3.63) is 64.7 Å². The lowest BCUT2D eigenvalue weighted by molar-refractivity contribution is 0.413. The third kappa shape index (κ3) is 2.53. The highest BCUT2D eigenvalue weighted by molar-refractivity contribution is 5.35. The van der Waals surface area contributed by atoms with Crippen LogP contribution in [0.2, 0.25) is 0 Å². The molecule has 0 aliphatic heterocycles. The van der Waals surface area contributed by atoms with E-state index in [-0.39, 0.29) is 11.7 Å². The van der Waals surface area contributed by atoms with Crippen LogP contribution in [-0.2, 0) is 6.54 Å². The van der Waals surface area contributed by atoms with Gasteiger partial charge in [0.1, 0.15) is 5.75 Å². The number of nitrogens with two attached hydrogens (primary N) is 1. The maximum atomic E-state index is 12.2. The van der Waals surface area contributed by atoms with Crippen LogP contribution in [0, 0.1) is 0 Å². The van der Waals surface area contributed by atoms with Gasteiger partial charge >= 0.3 is 5.69 Å². The summed E-state index contributed by atoms with van der Waals surface area (Å²) in [5, 5.41) is 4.28. The minimum Gasteiger partial charge on any atom is -0.497 e. The third-order valence-corrected chi connectivity index (χ3v) is 3.38. The first-order valence-electron chi connectivity index (χ1n) is 6.63. The summed E-state index contributed by atoms with van der Waals surface area (Å²) < 4.78 is 8.07. The molecule has 21 heavy (non-hydrogen) atoms. The summed E-state index contributed by atoms with van der Waals surface area (Å²) in [4.78, 5) is 12.2. The highest BCUT2D eigenvalue weighted by Crippen LogP contribution is 2.18. The summed E-state index contributed by atoms with van der Waals surface area (Å²) >= 11 is 0. The molecule has 3 aromatic rings. The fourth-order valence-electron chi connectivity index (χ4n) is 2.25. The van der Waals surface area contributed by atoms with Gasteiger partial charge in [-0.05, 0) is 29.8 Å². The number of fused-ring (bicyclic) bond motifs is 1. The number of rotatable bonds is 4. The molecule has 0 aliphatic rings. The Morgan fingerprint density at radius 1 is 1.29 bits per heavy atom. The van der Waals surface area contributed by atoms with Crippen LogP contribution in [0.15, 0.2) is 53.5 Å². The fraction of sp³-hybridized carbons (Fsp3) is 0.200. The summed E-state index contributed by atoms with van der Waals surface area (Å²) in [6, 6.07) is 12.6. The Morgan fingerprint density at radius 3 is 2.90 bits per heavy atom. The van der Waals surface area contributed by atoms with E-state index in [1.807, 2.05) is 30.3 Å². The van der Waals surface area contributed by atoms with Gasteiger partial charge in [-0.2, -0.15) is 0 Å². The first-order valence-corrected chi connectivity index (χ1v) is 6.63. The Balaban J connectivity index is 1.90. The lowest BCUT2D eigenvalue weighted by Crippen LogP contribution is -2.27. The molecule has 0 aliphatic carbocycles. The lowest BCUT2D eigenvalue weighted by atomic mass is 10.1. The fourth-order valence-corrected chi connectivity index (χ4v) is 2.25. The molecule has 1 aromatic carbocycles. The van der Waals surface area contributed by atoms with E-state index in [0.717, 1.165) is 11.3 Å². The second kappa shape index (κ2) is 5.41. The zero-order valence-electron chi connectivity index (χ0n) is 11.6. The van der Waals surface area contributed by atoms with Crippen molar-refractivity contribution in [2.24, 2.45) is 5.73 Å².